The fraction of sp³-hybridized carbons (Fsp3) is 0.357. The Labute approximate surface area is 111 Å². The van der Waals surface area contributed by atoms with E-state index >= 15 is 0 Å². The van der Waals surface area contributed by atoms with Crippen molar-refractivity contribution in [1.82, 2.24) is 9.78 Å². The lowest BCUT2D eigenvalue weighted by Crippen LogP contribution is -2.03. The largest absolute Gasteiger partial charge is 0.381 e. The van der Waals surface area contributed by atoms with E-state index in [2.05, 4.69) is 16.5 Å². The highest BCUT2D eigenvalue weighted by Crippen LogP contribution is 2.23. The van der Waals surface area contributed by atoms with Crippen LogP contribution in [0.15, 0.2) is 24.4 Å². The number of anilines is 1. The number of hydrogen-bond donors (Lipinski definition) is 1. The second-order valence-corrected chi connectivity index (χ2v) is 4.69. The van der Waals surface area contributed by atoms with Gasteiger partial charge in [0.25, 0.3) is 6.43 Å². The first-order valence-electron chi connectivity index (χ1n) is 6.09. The van der Waals surface area contributed by atoms with Crippen LogP contribution in [0.3, 0.4) is 0 Å². The molecule has 1 aromatic heterocycles. The molecule has 0 amide bonds. The van der Waals surface area contributed by atoms with Crippen LogP contribution in [0.1, 0.15) is 28.8 Å². The first kappa shape index (κ1) is 13.5. The lowest BCUT2D eigenvalue weighted by atomic mass is 10.1. The second-order valence-electron chi connectivity index (χ2n) is 4.69. The summed E-state index contributed by atoms with van der Waals surface area (Å²) >= 11 is 0. The predicted octanol–water partition coefficient (Wildman–Crippen LogP) is 3.59. The van der Waals surface area contributed by atoms with Crippen LogP contribution in [-0.4, -0.2) is 9.78 Å². The number of hydrogen-bond acceptors (Lipinski definition) is 2. The van der Waals surface area contributed by atoms with Crippen LogP contribution in [0, 0.1) is 13.8 Å². The Morgan fingerprint density at radius 1 is 1.32 bits per heavy atom. The molecule has 0 fully saturated rings. The lowest BCUT2D eigenvalue weighted by molar-refractivity contribution is 0.144. The van der Waals surface area contributed by atoms with Crippen molar-refractivity contribution in [2.75, 3.05) is 5.32 Å². The number of benzene rings is 1. The quantitative estimate of drug-likeness (QED) is 0.915. The predicted molar refractivity (Wildman–Crippen MR) is 71.4 cm³/mol. The third-order valence-electron chi connectivity index (χ3n) is 3.00. The first-order chi connectivity index (χ1) is 8.97. The number of aryl methyl sites for hydroxylation is 3. The van der Waals surface area contributed by atoms with Gasteiger partial charge in [0.15, 0.2) is 0 Å². The highest BCUT2D eigenvalue weighted by Gasteiger charge is 2.17. The van der Waals surface area contributed by atoms with Crippen molar-refractivity contribution >= 4 is 5.69 Å². The Hall–Kier alpha value is -1.91. The molecule has 3 nitrogen and oxygen atoms in total. The molecule has 0 unspecified atom stereocenters. The maximum Gasteiger partial charge on any atom is 0.282 e. The van der Waals surface area contributed by atoms with Crippen LogP contribution in [-0.2, 0) is 13.6 Å². The van der Waals surface area contributed by atoms with Crippen LogP contribution in [0.25, 0.3) is 0 Å². The summed E-state index contributed by atoms with van der Waals surface area (Å²) in [5.41, 5.74) is 3.60. The van der Waals surface area contributed by atoms with Gasteiger partial charge in [-0.15, -0.1) is 0 Å². The molecule has 2 rings (SSSR count). The van der Waals surface area contributed by atoms with Crippen molar-refractivity contribution in [1.29, 1.82) is 0 Å². The third-order valence-corrected chi connectivity index (χ3v) is 3.00. The van der Waals surface area contributed by atoms with Crippen LogP contribution in [0.5, 0.6) is 0 Å². The first-order valence-corrected chi connectivity index (χ1v) is 6.09. The van der Waals surface area contributed by atoms with Crippen molar-refractivity contribution in [3.05, 3.63) is 46.8 Å². The van der Waals surface area contributed by atoms with Gasteiger partial charge >= 0.3 is 0 Å². The van der Waals surface area contributed by atoms with Gasteiger partial charge in [0.2, 0.25) is 0 Å². The topological polar surface area (TPSA) is 29.9 Å². The van der Waals surface area contributed by atoms with Crippen molar-refractivity contribution in [3.63, 3.8) is 0 Å². The number of alkyl halides is 2. The van der Waals surface area contributed by atoms with Gasteiger partial charge in [-0.1, -0.05) is 17.7 Å². The number of nitrogens with one attached hydrogen (secondary N) is 1. The average Bonchev–Trinajstić information content (AvgIpc) is 2.69. The molecule has 2 aromatic rings. The van der Waals surface area contributed by atoms with Crippen LogP contribution >= 0.6 is 0 Å². The smallest absolute Gasteiger partial charge is 0.282 e. The molecule has 0 atom stereocenters. The minimum atomic E-state index is -2.54. The van der Waals surface area contributed by atoms with E-state index in [9.17, 15) is 8.78 Å². The molecule has 0 aliphatic carbocycles. The van der Waals surface area contributed by atoms with Gasteiger partial charge in [-0.2, -0.15) is 5.10 Å². The van der Waals surface area contributed by atoms with E-state index in [0.717, 1.165) is 11.3 Å². The number of rotatable bonds is 4. The van der Waals surface area contributed by atoms with Crippen LogP contribution < -0.4 is 5.32 Å². The average molecular weight is 265 g/mol. The molecular weight excluding hydrogens is 248 g/mol. The summed E-state index contributed by atoms with van der Waals surface area (Å²) in [4.78, 5) is 0. The zero-order chi connectivity index (χ0) is 14.0. The van der Waals surface area contributed by atoms with Crippen molar-refractivity contribution in [3.8, 4) is 0 Å². The minimum absolute atomic E-state index is 0.153. The molecule has 0 bridgehead atoms. The molecular formula is C14H17F2N3. The zero-order valence-corrected chi connectivity index (χ0v) is 11.2. The summed E-state index contributed by atoms with van der Waals surface area (Å²) in [6.07, 6.45) is -0.921. The van der Waals surface area contributed by atoms with Gasteiger partial charge in [-0.05, 0) is 25.5 Å². The maximum atomic E-state index is 12.8. The molecule has 1 aromatic carbocycles. The number of halogens is 2. The number of aromatic nitrogens is 2. The van der Waals surface area contributed by atoms with Gasteiger partial charge in [-0.3, -0.25) is 4.68 Å². The zero-order valence-electron chi connectivity index (χ0n) is 11.2. The van der Waals surface area contributed by atoms with E-state index in [-0.39, 0.29) is 5.69 Å². The Bertz CT molecular complexity index is 576. The van der Waals surface area contributed by atoms with E-state index in [1.165, 1.54) is 10.2 Å². The van der Waals surface area contributed by atoms with E-state index in [1.54, 1.807) is 13.2 Å². The summed E-state index contributed by atoms with van der Waals surface area (Å²) in [6, 6.07) is 6.01. The summed E-state index contributed by atoms with van der Waals surface area (Å²) in [5.74, 6) is 0. The van der Waals surface area contributed by atoms with Gasteiger partial charge in [0.05, 0.1) is 0 Å². The maximum absolute atomic E-state index is 12.8. The summed E-state index contributed by atoms with van der Waals surface area (Å²) in [7, 11) is 1.65. The molecule has 1 heterocycles. The van der Waals surface area contributed by atoms with Crippen LogP contribution in [0.4, 0.5) is 14.5 Å². The molecule has 0 spiro atoms. The van der Waals surface area contributed by atoms with Gasteiger partial charge in [0.1, 0.15) is 5.69 Å². The molecule has 1 N–H and O–H groups in total. The molecule has 0 aliphatic rings. The van der Waals surface area contributed by atoms with Gasteiger partial charge < -0.3 is 5.32 Å². The highest BCUT2D eigenvalue weighted by atomic mass is 19.3. The summed E-state index contributed by atoms with van der Waals surface area (Å²) < 4.78 is 27.0. The van der Waals surface area contributed by atoms with E-state index in [1.807, 2.05) is 26.0 Å². The Kier molecular flexibility index (Phi) is 3.83. The van der Waals surface area contributed by atoms with Gasteiger partial charge in [-0.25, -0.2) is 8.78 Å². The third kappa shape index (κ3) is 3.10. The molecule has 0 radical (unpaired) electrons. The van der Waals surface area contributed by atoms with Crippen molar-refractivity contribution in [2.45, 2.75) is 26.8 Å². The van der Waals surface area contributed by atoms with E-state index in [4.69, 9.17) is 0 Å². The fourth-order valence-electron chi connectivity index (χ4n) is 2.08. The van der Waals surface area contributed by atoms with Gasteiger partial charge in [0, 0.05) is 31.0 Å². The molecule has 102 valence electrons. The van der Waals surface area contributed by atoms with E-state index < -0.39 is 6.43 Å². The SMILES string of the molecule is Cc1ccc(NCc2cn(C)nc2C(F)F)c(C)c1. The fourth-order valence-corrected chi connectivity index (χ4v) is 2.08. The minimum Gasteiger partial charge on any atom is -0.381 e. The molecule has 0 saturated carbocycles. The number of nitrogens with zero attached hydrogens (tertiary/aromatic N) is 2. The molecule has 0 aliphatic heterocycles. The molecule has 0 saturated heterocycles. The molecule has 5 heteroatoms. The standard InChI is InChI=1S/C14H17F2N3/c1-9-4-5-12(10(2)6-9)17-7-11-8-19(3)18-13(11)14(15)16/h4-6,8,14,17H,7H2,1-3H3. The monoisotopic (exact) mass is 265 g/mol. The summed E-state index contributed by atoms with van der Waals surface area (Å²) in [5, 5.41) is 6.96. The van der Waals surface area contributed by atoms with Crippen LogP contribution in [0.2, 0.25) is 0 Å². The lowest BCUT2D eigenvalue weighted by Gasteiger charge is -2.10. The normalized spacial score (nSPS) is 11.1. The molecule has 19 heavy (non-hydrogen) atoms. The Morgan fingerprint density at radius 2 is 2.05 bits per heavy atom. The highest BCUT2D eigenvalue weighted by molar-refractivity contribution is 5.52. The second kappa shape index (κ2) is 5.38. The van der Waals surface area contributed by atoms with Crippen molar-refractivity contribution in [2.24, 2.45) is 7.05 Å². The van der Waals surface area contributed by atoms with E-state index in [0.29, 0.717) is 12.1 Å². The Morgan fingerprint density at radius 3 is 2.68 bits per heavy atom. The van der Waals surface area contributed by atoms with Crippen molar-refractivity contribution < 1.29 is 8.78 Å². The summed E-state index contributed by atoms with van der Waals surface area (Å²) in [6.45, 7) is 4.36. The Balaban J connectivity index is 2.14.